The first-order chi connectivity index (χ1) is 25.0. The van der Waals surface area contributed by atoms with Gasteiger partial charge in [0.15, 0.2) is 6.10 Å². The van der Waals surface area contributed by atoms with Crippen molar-refractivity contribution in [3.05, 3.63) is 0 Å². The Morgan fingerprint density at radius 2 is 0.529 bits per heavy atom. The predicted molar refractivity (Wildman–Crippen MR) is 215 cm³/mol. The molecule has 0 unspecified atom stereocenters. The van der Waals surface area contributed by atoms with E-state index in [-0.39, 0.29) is 31.1 Å². The third kappa shape index (κ3) is 39.5. The third-order valence-corrected chi connectivity index (χ3v) is 10.1. The third-order valence-electron chi connectivity index (χ3n) is 10.1. The van der Waals surface area contributed by atoms with Crippen molar-refractivity contribution in [3.8, 4) is 0 Å². The molecule has 0 saturated carbocycles. The first-order valence-corrected chi connectivity index (χ1v) is 22.5. The van der Waals surface area contributed by atoms with Crippen LogP contribution in [-0.4, -0.2) is 37.2 Å². The minimum Gasteiger partial charge on any atom is -0.462 e. The summed E-state index contributed by atoms with van der Waals surface area (Å²) in [5.41, 5.74) is 0. The molecule has 0 radical (unpaired) electrons. The highest BCUT2D eigenvalue weighted by atomic mass is 16.6. The first kappa shape index (κ1) is 49.4. The molecular weight excluding hydrogens is 636 g/mol. The molecule has 51 heavy (non-hydrogen) atoms. The number of unbranched alkanes of at least 4 members (excludes halogenated alkanes) is 30. The van der Waals surface area contributed by atoms with Gasteiger partial charge in [-0.3, -0.25) is 14.4 Å². The predicted octanol–water partition coefficient (Wildman–Crippen LogP) is 14.1. The van der Waals surface area contributed by atoms with Gasteiger partial charge in [0.25, 0.3) is 0 Å². The lowest BCUT2D eigenvalue weighted by atomic mass is 10.0. The SMILES string of the molecule is CCCCCCCCCCCCCCCCCCCC(=O)O[C@@H](COC(=O)CCCCCCC)COC(=O)CCCCCCCCCCCCC. The molecule has 0 amide bonds. The quantitative estimate of drug-likeness (QED) is 0.0355. The summed E-state index contributed by atoms with van der Waals surface area (Å²) in [6.07, 6.45) is 41.1. The van der Waals surface area contributed by atoms with Crippen LogP contribution in [-0.2, 0) is 28.6 Å². The molecule has 0 aromatic heterocycles. The Hall–Kier alpha value is -1.59. The normalized spacial score (nSPS) is 11.8. The molecule has 0 aromatic rings. The van der Waals surface area contributed by atoms with E-state index in [4.69, 9.17) is 14.2 Å². The highest BCUT2D eigenvalue weighted by Crippen LogP contribution is 2.16. The Bertz CT molecular complexity index is 753. The van der Waals surface area contributed by atoms with E-state index in [2.05, 4.69) is 20.8 Å². The second-order valence-corrected chi connectivity index (χ2v) is 15.3. The molecule has 0 rings (SSSR count). The van der Waals surface area contributed by atoms with Crippen LogP contribution in [0.4, 0.5) is 0 Å². The topological polar surface area (TPSA) is 78.9 Å². The Kier molecular flexibility index (Phi) is 39.9. The van der Waals surface area contributed by atoms with Crippen molar-refractivity contribution in [2.45, 2.75) is 258 Å². The van der Waals surface area contributed by atoms with Gasteiger partial charge in [-0.2, -0.15) is 0 Å². The minimum absolute atomic E-state index is 0.0641. The number of hydrogen-bond donors (Lipinski definition) is 0. The zero-order valence-electron chi connectivity index (χ0n) is 34.4. The number of carbonyl (C=O) groups is 3. The molecule has 0 spiro atoms. The maximum atomic E-state index is 12.7. The highest BCUT2D eigenvalue weighted by Gasteiger charge is 2.19. The van der Waals surface area contributed by atoms with Crippen LogP contribution in [0.5, 0.6) is 0 Å². The summed E-state index contributed by atoms with van der Waals surface area (Å²) in [6, 6.07) is 0. The van der Waals surface area contributed by atoms with Crippen molar-refractivity contribution in [2.24, 2.45) is 0 Å². The average Bonchev–Trinajstić information content (AvgIpc) is 3.12. The van der Waals surface area contributed by atoms with Gasteiger partial charge in [-0.15, -0.1) is 0 Å². The Balaban J connectivity index is 4.15. The maximum Gasteiger partial charge on any atom is 0.306 e. The minimum atomic E-state index is -0.756. The molecule has 0 aliphatic heterocycles. The van der Waals surface area contributed by atoms with Gasteiger partial charge in [0, 0.05) is 19.3 Å². The zero-order valence-corrected chi connectivity index (χ0v) is 34.4. The summed E-state index contributed by atoms with van der Waals surface area (Å²) >= 11 is 0. The van der Waals surface area contributed by atoms with Crippen molar-refractivity contribution in [2.75, 3.05) is 13.2 Å². The largest absolute Gasteiger partial charge is 0.462 e. The molecule has 0 aliphatic carbocycles. The smallest absolute Gasteiger partial charge is 0.306 e. The van der Waals surface area contributed by atoms with E-state index in [1.54, 1.807) is 0 Å². The fourth-order valence-electron chi connectivity index (χ4n) is 6.68. The van der Waals surface area contributed by atoms with E-state index in [1.807, 2.05) is 0 Å². The number of ether oxygens (including phenoxy) is 3. The van der Waals surface area contributed by atoms with Crippen LogP contribution in [0.1, 0.15) is 252 Å². The van der Waals surface area contributed by atoms with Crippen molar-refractivity contribution >= 4 is 17.9 Å². The van der Waals surface area contributed by atoms with Crippen LogP contribution >= 0.6 is 0 Å². The van der Waals surface area contributed by atoms with Crippen LogP contribution < -0.4 is 0 Å². The van der Waals surface area contributed by atoms with Gasteiger partial charge in [-0.25, -0.2) is 0 Å². The van der Waals surface area contributed by atoms with E-state index in [0.717, 1.165) is 64.2 Å². The molecule has 0 aliphatic rings. The van der Waals surface area contributed by atoms with E-state index in [0.29, 0.717) is 19.3 Å². The average molecular weight is 723 g/mol. The van der Waals surface area contributed by atoms with Gasteiger partial charge in [-0.05, 0) is 19.3 Å². The van der Waals surface area contributed by atoms with Gasteiger partial charge >= 0.3 is 17.9 Å². The molecule has 1 atom stereocenters. The maximum absolute atomic E-state index is 12.7. The molecule has 0 heterocycles. The summed E-state index contributed by atoms with van der Waals surface area (Å²) in [4.78, 5) is 37.4. The van der Waals surface area contributed by atoms with Gasteiger partial charge in [0.05, 0.1) is 0 Å². The lowest BCUT2D eigenvalue weighted by molar-refractivity contribution is -0.167. The Labute approximate surface area is 317 Å². The number of hydrogen-bond acceptors (Lipinski definition) is 6. The number of carbonyl (C=O) groups excluding carboxylic acids is 3. The lowest BCUT2D eigenvalue weighted by Crippen LogP contribution is -2.30. The molecule has 0 bridgehead atoms. The van der Waals surface area contributed by atoms with Crippen LogP contribution in [0.3, 0.4) is 0 Å². The molecule has 0 saturated heterocycles. The van der Waals surface area contributed by atoms with E-state index < -0.39 is 6.10 Å². The van der Waals surface area contributed by atoms with E-state index in [9.17, 15) is 14.4 Å². The fourth-order valence-corrected chi connectivity index (χ4v) is 6.68. The summed E-state index contributed by atoms with van der Waals surface area (Å²) in [5.74, 6) is -0.867. The van der Waals surface area contributed by atoms with E-state index >= 15 is 0 Å². The van der Waals surface area contributed by atoms with Crippen molar-refractivity contribution < 1.29 is 28.6 Å². The van der Waals surface area contributed by atoms with Crippen molar-refractivity contribution in [3.63, 3.8) is 0 Å². The molecular formula is C45H86O6. The summed E-state index contributed by atoms with van der Waals surface area (Å²) in [7, 11) is 0. The molecule has 302 valence electrons. The summed E-state index contributed by atoms with van der Waals surface area (Å²) < 4.78 is 16.6. The summed E-state index contributed by atoms with van der Waals surface area (Å²) in [5, 5.41) is 0. The fraction of sp³-hybridized carbons (Fsp3) is 0.933. The highest BCUT2D eigenvalue weighted by molar-refractivity contribution is 5.71. The van der Waals surface area contributed by atoms with Crippen LogP contribution in [0.15, 0.2) is 0 Å². The zero-order chi connectivity index (χ0) is 37.3. The van der Waals surface area contributed by atoms with Crippen LogP contribution in [0.25, 0.3) is 0 Å². The number of rotatable bonds is 41. The standard InChI is InChI=1S/C45H86O6/c1-4-7-10-13-15-17-19-20-21-22-23-24-26-28-30-33-36-39-45(48)51-42(40-49-43(46)37-34-31-12-9-6-3)41-50-44(47)38-35-32-29-27-25-18-16-14-11-8-5-2/h42H,4-41H2,1-3H3/t42-/m0/s1. The second kappa shape index (κ2) is 41.2. The van der Waals surface area contributed by atoms with Gasteiger partial charge in [0.2, 0.25) is 0 Å². The first-order valence-electron chi connectivity index (χ1n) is 22.5. The monoisotopic (exact) mass is 723 g/mol. The molecule has 0 N–H and O–H groups in total. The Morgan fingerprint density at radius 1 is 0.314 bits per heavy atom. The lowest BCUT2D eigenvalue weighted by Gasteiger charge is -2.18. The number of esters is 3. The Morgan fingerprint density at radius 3 is 0.784 bits per heavy atom. The van der Waals surface area contributed by atoms with E-state index in [1.165, 1.54) is 148 Å². The van der Waals surface area contributed by atoms with Gasteiger partial charge in [0.1, 0.15) is 13.2 Å². The molecule has 0 aromatic carbocycles. The second-order valence-electron chi connectivity index (χ2n) is 15.3. The van der Waals surface area contributed by atoms with Gasteiger partial charge in [-0.1, -0.05) is 213 Å². The van der Waals surface area contributed by atoms with Crippen LogP contribution in [0.2, 0.25) is 0 Å². The van der Waals surface area contributed by atoms with Crippen LogP contribution in [0, 0.1) is 0 Å². The van der Waals surface area contributed by atoms with Gasteiger partial charge < -0.3 is 14.2 Å². The van der Waals surface area contributed by atoms with Crippen molar-refractivity contribution in [1.82, 2.24) is 0 Å². The summed E-state index contributed by atoms with van der Waals surface area (Å²) in [6.45, 7) is 6.57. The molecule has 0 fully saturated rings. The molecule has 6 nitrogen and oxygen atoms in total. The van der Waals surface area contributed by atoms with Crippen molar-refractivity contribution in [1.29, 1.82) is 0 Å². The molecule has 6 heteroatoms.